The number of ether oxygens (including phenoxy) is 1. The monoisotopic (exact) mass is 314 g/mol. The molecule has 1 saturated heterocycles. The number of hydrogen-bond acceptors (Lipinski definition) is 3. The zero-order chi connectivity index (χ0) is 13.1. The van der Waals surface area contributed by atoms with Crippen molar-refractivity contribution in [1.82, 2.24) is 4.90 Å². The van der Waals surface area contributed by atoms with E-state index in [1.54, 1.807) is 24.1 Å². The van der Waals surface area contributed by atoms with Crippen LogP contribution in [-0.4, -0.2) is 42.3 Å². The summed E-state index contributed by atoms with van der Waals surface area (Å²) in [6, 6.07) is 5.15. The number of amides is 2. The molecule has 0 radical (unpaired) electrons. The van der Waals surface area contributed by atoms with Crippen LogP contribution in [0.25, 0.3) is 0 Å². The SMILES string of the molecule is COc1cc(NC(=O)N2CC[C@@H](O)C2)ccc1Br. The van der Waals surface area contributed by atoms with Crippen LogP contribution in [0.5, 0.6) is 5.75 Å². The minimum Gasteiger partial charge on any atom is -0.495 e. The first kappa shape index (κ1) is 13.2. The Morgan fingerprint density at radius 1 is 1.61 bits per heavy atom. The molecule has 1 fully saturated rings. The molecule has 1 aromatic carbocycles. The van der Waals surface area contributed by atoms with E-state index < -0.39 is 6.10 Å². The summed E-state index contributed by atoms with van der Waals surface area (Å²) < 4.78 is 5.99. The molecule has 1 aromatic rings. The number of urea groups is 1. The smallest absolute Gasteiger partial charge is 0.321 e. The number of nitrogens with zero attached hydrogens (tertiary/aromatic N) is 1. The van der Waals surface area contributed by atoms with Crippen LogP contribution in [0, 0.1) is 0 Å². The average molecular weight is 315 g/mol. The topological polar surface area (TPSA) is 61.8 Å². The Bertz CT molecular complexity index is 453. The van der Waals surface area contributed by atoms with Crippen molar-refractivity contribution in [2.24, 2.45) is 0 Å². The van der Waals surface area contributed by atoms with Gasteiger partial charge in [-0.1, -0.05) is 0 Å². The third kappa shape index (κ3) is 2.94. The van der Waals surface area contributed by atoms with E-state index >= 15 is 0 Å². The highest BCUT2D eigenvalue weighted by molar-refractivity contribution is 9.10. The lowest BCUT2D eigenvalue weighted by Crippen LogP contribution is -2.33. The lowest BCUT2D eigenvalue weighted by molar-refractivity contribution is 0.176. The van der Waals surface area contributed by atoms with E-state index in [0.717, 1.165) is 4.47 Å². The number of anilines is 1. The second-order valence-electron chi connectivity index (χ2n) is 4.17. The predicted octanol–water partition coefficient (Wildman–Crippen LogP) is 2.06. The second-order valence-corrected chi connectivity index (χ2v) is 5.02. The van der Waals surface area contributed by atoms with Crippen LogP contribution in [0.4, 0.5) is 10.5 Å². The predicted molar refractivity (Wildman–Crippen MR) is 71.9 cm³/mol. The number of β-amino-alcohol motifs (C(OH)–C–C–N with tert-alkyl or cyclic N) is 1. The van der Waals surface area contributed by atoms with Crippen molar-refractivity contribution in [2.75, 3.05) is 25.5 Å². The van der Waals surface area contributed by atoms with Gasteiger partial charge >= 0.3 is 6.03 Å². The molecule has 2 amide bonds. The van der Waals surface area contributed by atoms with Gasteiger partial charge in [0.15, 0.2) is 0 Å². The Labute approximate surface area is 114 Å². The number of aliphatic hydroxyl groups is 1. The minimum atomic E-state index is -0.407. The van der Waals surface area contributed by atoms with Crippen LogP contribution in [0.1, 0.15) is 6.42 Å². The number of likely N-dealkylation sites (tertiary alicyclic amines) is 1. The van der Waals surface area contributed by atoms with Gasteiger partial charge in [-0.3, -0.25) is 0 Å². The van der Waals surface area contributed by atoms with Gasteiger partial charge in [0, 0.05) is 24.8 Å². The number of aliphatic hydroxyl groups excluding tert-OH is 1. The highest BCUT2D eigenvalue weighted by atomic mass is 79.9. The van der Waals surface area contributed by atoms with Crippen LogP contribution in [-0.2, 0) is 0 Å². The molecule has 0 unspecified atom stereocenters. The molecule has 2 N–H and O–H groups in total. The quantitative estimate of drug-likeness (QED) is 0.878. The molecule has 0 aromatic heterocycles. The van der Waals surface area contributed by atoms with Gasteiger partial charge in [0.1, 0.15) is 5.75 Å². The molecule has 2 rings (SSSR count). The number of halogens is 1. The number of hydrogen-bond donors (Lipinski definition) is 2. The molecule has 0 aliphatic carbocycles. The van der Waals surface area contributed by atoms with Gasteiger partial charge in [0.2, 0.25) is 0 Å². The molecule has 5 nitrogen and oxygen atoms in total. The molecule has 1 aliphatic rings. The molecule has 0 saturated carbocycles. The first-order valence-corrected chi connectivity index (χ1v) is 6.47. The Hall–Kier alpha value is -1.27. The van der Waals surface area contributed by atoms with Crippen LogP contribution in [0.15, 0.2) is 22.7 Å². The van der Waals surface area contributed by atoms with E-state index in [2.05, 4.69) is 21.2 Å². The van der Waals surface area contributed by atoms with Crippen molar-refractivity contribution in [3.05, 3.63) is 22.7 Å². The third-order valence-electron chi connectivity index (χ3n) is 2.85. The fourth-order valence-electron chi connectivity index (χ4n) is 1.87. The largest absolute Gasteiger partial charge is 0.495 e. The van der Waals surface area contributed by atoms with Crippen molar-refractivity contribution in [3.63, 3.8) is 0 Å². The summed E-state index contributed by atoms with van der Waals surface area (Å²) in [7, 11) is 1.57. The van der Waals surface area contributed by atoms with Gasteiger partial charge in [0.25, 0.3) is 0 Å². The normalized spacial score (nSPS) is 18.8. The Kier molecular flexibility index (Phi) is 4.08. The van der Waals surface area contributed by atoms with Crippen LogP contribution >= 0.6 is 15.9 Å². The van der Waals surface area contributed by atoms with E-state index in [4.69, 9.17) is 4.74 Å². The van der Waals surface area contributed by atoms with Gasteiger partial charge in [-0.2, -0.15) is 0 Å². The molecule has 1 atom stereocenters. The van der Waals surface area contributed by atoms with Gasteiger partial charge in [-0.05, 0) is 34.5 Å². The number of carbonyl (C=O) groups excluding carboxylic acids is 1. The lowest BCUT2D eigenvalue weighted by atomic mass is 10.3. The second kappa shape index (κ2) is 5.58. The molecule has 1 heterocycles. The van der Waals surface area contributed by atoms with E-state index in [0.29, 0.717) is 30.9 Å². The zero-order valence-electron chi connectivity index (χ0n) is 10.0. The number of methoxy groups -OCH3 is 1. The van der Waals surface area contributed by atoms with E-state index in [9.17, 15) is 9.90 Å². The van der Waals surface area contributed by atoms with Crippen molar-refractivity contribution < 1.29 is 14.6 Å². The summed E-state index contributed by atoms with van der Waals surface area (Å²) in [5.41, 5.74) is 0.668. The van der Waals surface area contributed by atoms with Crippen LogP contribution < -0.4 is 10.1 Å². The molecular formula is C12H15BrN2O3. The molecule has 1 aliphatic heterocycles. The van der Waals surface area contributed by atoms with E-state index in [1.165, 1.54) is 0 Å². The van der Waals surface area contributed by atoms with Gasteiger partial charge in [0.05, 0.1) is 17.7 Å². The maximum absolute atomic E-state index is 11.9. The number of rotatable bonds is 2. The number of carbonyl (C=O) groups is 1. The van der Waals surface area contributed by atoms with Gasteiger partial charge < -0.3 is 20.1 Å². The molecule has 98 valence electrons. The maximum Gasteiger partial charge on any atom is 0.321 e. The maximum atomic E-state index is 11.9. The first-order valence-electron chi connectivity index (χ1n) is 5.67. The molecular weight excluding hydrogens is 300 g/mol. The standard InChI is InChI=1S/C12H15BrN2O3/c1-18-11-6-8(2-3-10(11)13)14-12(17)15-5-4-9(16)7-15/h2-3,6,9,16H,4-5,7H2,1H3,(H,14,17)/t9-/m1/s1. The zero-order valence-corrected chi connectivity index (χ0v) is 11.6. The van der Waals surface area contributed by atoms with Crippen LogP contribution in [0.2, 0.25) is 0 Å². The molecule has 18 heavy (non-hydrogen) atoms. The average Bonchev–Trinajstić information content (AvgIpc) is 2.78. The fourth-order valence-corrected chi connectivity index (χ4v) is 2.27. The van der Waals surface area contributed by atoms with Crippen molar-refractivity contribution in [2.45, 2.75) is 12.5 Å². The summed E-state index contributed by atoms with van der Waals surface area (Å²) in [5.74, 6) is 0.661. The highest BCUT2D eigenvalue weighted by Crippen LogP contribution is 2.28. The van der Waals surface area contributed by atoms with Gasteiger partial charge in [-0.15, -0.1) is 0 Å². The summed E-state index contributed by atoms with van der Waals surface area (Å²) in [5, 5.41) is 12.2. The summed E-state index contributed by atoms with van der Waals surface area (Å²) >= 11 is 3.35. The number of benzene rings is 1. The first-order chi connectivity index (χ1) is 8.60. The fraction of sp³-hybridized carbons (Fsp3) is 0.417. The number of nitrogens with one attached hydrogen (secondary N) is 1. The van der Waals surface area contributed by atoms with Crippen molar-refractivity contribution in [3.8, 4) is 5.75 Å². The summed E-state index contributed by atoms with van der Waals surface area (Å²) in [4.78, 5) is 13.5. The van der Waals surface area contributed by atoms with Crippen molar-refractivity contribution >= 4 is 27.6 Å². The highest BCUT2D eigenvalue weighted by Gasteiger charge is 2.24. The van der Waals surface area contributed by atoms with E-state index in [1.807, 2.05) is 6.07 Å². The van der Waals surface area contributed by atoms with Crippen molar-refractivity contribution in [1.29, 1.82) is 0 Å². The molecule has 0 spiro atoms. The Morgan fingerprint density at radius 2 is 2.39 bits per heavy atom. The Morgan fingerprint density at radius 3 is 3.00 bits per heavy atom. The Balaban J connectivity index is 2.03. The minimum absolute atomic E-state index is 0.198. The molecule has 0 bridgehead atoms. The van der Waals surface area contributed by atoms with Gasteiger partial charge in [-0.25, -0.2) is 4.79 Å². The van der Waals surface area contributed by atoms with Crippen LogP contribution in [0.3, 0.4) is 0 Å². The summed E-state index contributed by atoms with van der Waals surface area (Å²) in [6.07, 6.45) is 0.229. The summed E-state index contributed by atoms with van der Waals surface area (Å²) in [6.45, 7) is 0.972. The molecule has 6 heteroatoms. The third-order valence-corrected chi connectivity index (χ3v) is 3.51. The lowest BCUT2D eigenvalue weighted by Gasteiger charge is -2.17. The van der Waals surface area contributed by atoms with E-state index in [-0.39, 0.29) is 6.03 Å².